The van der Waals surface area contributed by atoms with E-state index in [2.05, 4.69) is 66.1 Å². The van der Waals surface area contributed by atoms with Crippen molar-refractivity contribution < 1.29 is 9.90 Å². The van der Waals surface area contributed by atoms with Crippen LogP contribution in [0.1, 0.15) is 11.1 Å². The van der Waals surface area contributed by atoms with E-state index < -0.39 is 5.97 Å². The molecule has 0 spiro atoms. The predicted octanol–water partition coefficient (Wildman–Crippen LogP) is 7.80. The number of benzene rings is 4. The zero-order valence-electron chi connectivity index (χ0n) is 20.9. The third kappa shape index (κ3) is 4.47. The molecule has 0 unspecified atom stereocenters. The zero-order valence-corrected chi connectivity index (χ0v) is 20.9. The van der Waals surface area contributed by atoms with E-state index in [9.17, 15) is 15.2 Å². The van der Waals surface area contributed by atoms with Gasteiger partial charge in [-0.1, -0.05) is 73.3 Å². The van der Waals surface area contributed by atoms with Crippen LogP contribution in [0.25, 0.3) is 28.1 Å². The van der Waals surface area contributed by atoms with E-state index in [1.807, 2.05) is 66.2 Å². The Morgan fingerprint density at radius 2 is 1.32 bits per heavy atom. The summed E-state index contributed by atoms with van der Waals surface area (Å²) in [5.74, 6) is -1.15. The van der Waals surface area contributed by atoms with Crippen molar-refractivity contribution in [3.05, 3.63) is 133 Å². The number of aliphatic carboxylic acids is 1. The highest BCUT2D eigenvalue weighted by Gasteiger charge is 2.19. The molecule has 0 aliphatic heterocycles. The van der Waals surface area contributed by atoms with Gasteiger partial charge in [-0.25, -0.2) is 4.79 Å². The number of para-hydroxylation sites is 2. The minimum Gasteiger partial charge on any atom is -0.478 e. The summed E-state index contributed by atoms with van der Waals surface area (Å²) < 4.78 is 2.02. The molecule has 0 aliphatic rings. The van der Waals surface area contributed by atoms with E-state index >= 15 is 0 Å². The summed E-state index contributed by atoms with van der Waals surface area (Å²) in [6.07, 6.45) is 0. The number of nitriles is 1. The van der Waals surface area contributed by atoms with E-state index in [-0.39, 0.29) is 5.57 Å². The summed E-state index contributed by atoms with van der Waals surface area (Å²) in [4.78, 5) is 13.7. The first-order valence-corrected chi connectivity index (χ1v) is 12.1. The first-order valence-electron chi connectivity index (χ1n) is 12.1. The Kier molecular flexibility index (Phi) is 6.63. The topological polar surface area (TPSA) is 69.3 Å². The van der Waals surface area contributed by atoms with Crippen LogP contribution in [0, 0.1) is 11.3 Å². The monoisotopic (exact) mass is 495 g/mol. The van der Waals surface area contributed by atoms with Gasteiger partial charge in [0, 0.05) is 46.6 Å². The van der Waals surface area contributed by atoms with E-state index in [1.165, 1.54) is 0 Å². The van der Waals surface area contributed by atoms with Crippen molar-refractivity contribution in [3.63, 3.8) is 0 Å². The highest BCUT2D eigenvalue weighted by molar-refractivity contribution is 6.15. The van der Waals surface area contributed by atoms with Gasteiger partial charge in [-0.15, -0.1) is 0 Å². The summed E-state index contributed by atoms with van der Waals surface area (Å²) in [5, 5.41) is 19.3. The number of nitrogens with zero attached hydrogens (tertiary/aromatic N) is 3. The van der Waals surface area contributed by atoms with Crippen molar-refractivity contribution in [1.29, 1.82) is 5.26 Å². The molecule has 5 aromatic rings. The second-order valence-electron chi connectivity index (χ2n) is 8.84. The molecule has 1 aromatic heterocycles. The smallest absolute Gasteiger partial charge is 0.335 e. The lowest BCUT2D eigenvalue weighted by Gasteiger charge is -2.25. The second kappa shape index (κ2) is 10.3. The average Bonchev–Trinajstić information content (AvgIpc) is 3.34. The van der Waals surface area contributed by atoms with Gasteiger partial charge in [-0.3, -0.25) is 0 Å². The molecule has 4 aromatic carbocycles. The van der Waals surface area contributed by atoms with Crippen LogP contribution < -0.4 is 4.90 Å². The third-order valence-electron chi connectivity index (χ3n) is 6.61. The Hall–Kier alpha value is -5.34. The van der Waals surface area contributed by atoms with Gasteiger partial charge in [0.25, 0.3) is 0 Å². The van der Waals surface area contributed by atoms with E-state index in [0.29, 0.717) is 16.7 Å². The lowest BCUT2D eigenvalue weighted by atomic mass is 9.95. The molecule has 0 atom stereocenters. The lowest BCUT2D eigenvalue weighted by Crippen LogP contribution is -2.09. The number of hydrogen-bond acceptors (Lipinski definition) is 3. The van der Waals surface area contributed by atoms with Gasteiger partial charge in [0.1, 0.15) is 6.07 Å². The van der Waals surface area contributed by atoms with Crippen molar-refractivity contribution in [2.75, 3.05) is 4.90 Å². The molecule has 38 heavy (non-hydrogen) atoms. The van der Waals surface area contributed by atoms with Gasteiger partial charge in [0.05, 0.1) is 11.1 Å². The molecule has 1 heterocycles. The van der Waals surface area contributed by atoms with Gasteiger partial charge in [0.15, 0.2) is 0 Å². The maximum Gasteiger partial charge on any atom is 0.335 e. The molecule has 0 saturated carbocycles. The molecular formula is C33H25N3O2. The summed E-state index contributed by atoms with van der Waals surface area (Å²) in [6, 6.07) is 40.2. The molecule has 184 valence electrons. The van der Waals surface area contributed by atoms with Crippen molar-refractivity contribution in [2.45, 2.75) is 0 Å². The Bertz CT molecular complexity index is 1620. The fourth-order valence-corrected chi connectivity index (χ4v) is 4.71. The average molecular weight is 496 g/mol. The first-order chi connectivity index (χ1) is 18.5. The molecule has 0 saturated heterocycles. The summed E-state index contributed by atoms with van der Waals surface area (Å²) in [5.41, 5.74) is 7.17. The largest absolute Gasteiger partial charge is 0.478 e. The Morgan fingerprint density at radius 3 is 1.87 bits per heavy atom. The van der Waals surface area contributed by atoms with Crippen LogP contribution in [0.4, 0.5) is 17.1 Å². The van der Waals surface area contributed by atoms with Crippen LogP contribution in [-0.2, 0) is 11.8 Å². The summed E-state index contributed by atoms with van der Waals surface area (Å²) >= 11 is 0. The number of carbonyl (C=O) groups is 1. The standard InChI is InChI=1S/C33H25N3O2/c1-23(33(37)38)28-14-9-15-29(30(28)22-34)32-21-20-31(35(32)2)24-16-18-27(19-17-24)36(25-10-5-3-6-11-25)26-12-7-4-8-13-26/h3-21H,1H2,2H3,(H,37,38). The van der Waals surface area contributed by atoms with Gasteiger partial charge >= 0.3 is 5.97 Å². The van der Waals surface area contributed by atoms with Crippen LogP contribution >= 0.6 is 0 Å². The van der Waals surface area contributed by atoms with Crippen LogP contribution in [0.2, 0.25) is 0 Å². The minimum atomic E-state index is -1.15. The van der Waals surface area contributed by atoms with Crippen molar-refractivity contribution in [2.24, 2.45) is 7.05 Å². The van der Waals surface area contributed by atoms with Gasteiger partial charge in [-0.05, 0) is 54.1 Å². The second-order valence-corrected chi connectivity index (χ2v) is 8.84. The molecule has 0 bridgehead atoms. The van der Waals surface area contributed by atoms with Gasteiger partial charge in [0.2, 0.25) is 0 Å². The number of hydrogen-bond donors (Lipinski definition) is 1. The van der Waals surface area contributed by atoms with Crippen LogP contribution in [-0.4, -0.2) is 15.6 Å². The molecule has 5 nitrogen and oxygen atoms in total. The Balaban J connectivity index is 1.53. The first kappa shape index (κ1) is 24.4. The van der Waals surface area contributed by atoms with E-state index in [1.54, 1.807) is 12.1 Å². The van der Waals surface area contributed by atoms with Crippen LogP contribution in [0.5, 0.6) is 0 Å². The number of carboxylic acids is 1. The van der Waals surface area contributed by atoms with Crippen molar-refractivity contribution in [1.82, 2.24) is 4.57 Å². The Labute approximate surface area is 221 Å². The van der Waals surface area contributed by atoms with Crippen LogP contribution in [0.3, 0.4) is 0 Å². The van der Waals surface area contributed by atoms with Crippen molar-refractivity contribution in [3.8, 4) is 28.6 Å². The molecule has 0 aliphatic carbocycles. The number of anilines is 3. The summed E-state index contributed by atoms with van der Waals surface area (Å²) in [7, 11) is 1.94. The normalized spacial score (nSPS) is 10.5. The SMILES string of the molecule is C=C(C(=O)O)c1cccc(-c2ccc(-c3ccc(N(c4ccccc4)c4ccccc4)cc3)n2C)c1C#N. The zero-order chi connectivity index (χ0) is 26.6. The molecule has 0 radical (unpaired) electrons. The van der Waals surface area contributed by atoms with Crippen LogP contribution in [0.15, 0.2) is 122 Å². The fourth-order valence-electron chi connectivity index (χ4n) is 4.71. The summed E-state index contributed by atoms with van der Waals surface area (Å²) in [6.45, 7) is 3.65. The maximum atomic E-state index is 11.5. The lowest BCUT2D eigenvalue weighted by molar-refractivity contribution is -0.130. The molecule has 0 amide bonds. The van der Waals surface area contributed by atoms with Gasteiger partial charge < -0.3 is 14.6 Å². The quantitative estimate of drug-likeness (QED) is 0.234. The number of aromatic nitrogens is 1. The third-order valence-corrected chi connectivity index (χ3v) is 6.61. The maximum absolute atomic E-state index is 11.5. The van der Waals surface area contributed by atoms with Gasteiger partial charge in [-0.2, -0.15) is 5.26 Å². The predicted molar refractivity (Wildman–Crippen MR) is 152 cm³/mol. The molecule has 5 heteroatoms. The number of carboxylic acid groups (broad SMARTS) is 1. The minimum absolute atomic E-state index is 0.102. The number of rotatable bonds is 7. The molecule has 5 rings (SSSR count). The van der Waals surface area contributed by atoms with Crippen molar-refractivity contribution >= 4 is 28.6 Å². The van der Waals surface area contributed by atoms with E-state index in [4.69, 9.17) is 0 Å². The fraction of sp³-hybridized carbons (Fsp3) is 0.0303. The molecule has 1 N–H and O–H groups in total. The van der Waals surface area contributed by atoms with E-state index in [0.717, 1.165) is 34.0 Å². The highest BCUT2D eigenvalue weighted by atomic mass is 16.4. The highest BCUT2D eigenvalue weighted by Crippen LogP contribution is 2.37. The Morgan fingerprint density at radius 1 is 0.763 bits per heavy atom. The molecule has 0 fully saturated rings. The molecular weight excluding hydrogens is 470 g/mol.